The average molecular weight is 414 g/mol. The molecule has 0 fully saturated rings. The molecule has 2 N–H and O–H groups in total. The maximum absolute atomic E-state index is 13.2. The number of carbonyl (C=O) groups excluding carboxylic acids is 2. The summed E-state index contributed by atoms with van der Waals surface area (Å²) in [5.41, 5.74) is 6.68. The summed E-state index contributed by atoms with van der Waals surface area (Å²) in [6, 6.07) is 13.1. The lowest BCUT2D eigenvalue weighted by Crippen LogP contribution is -2.14. The molecule has 0 atom stereocenters. The van der Waals surface area contributed by atoms with Gasteiger partial charge in [0.2, 0.25) is 0 Å². The summed E-state index contributed by atoms with van der Waals surface area (Å²) in [6.07, 6.45) is 1.37. The van der Waals surface area contributed by atoms with Gasteiger partial charge in [-0.3, -0.25) is 4.79 Å². The van der Waals surface area contributed by atoms with Gasteiger partial charge in [-0.25, -0.2) is 4.79 Å². The fourth-order valence-electron chi connectivity index (χ4n) is 2.80. The van der Waals surface area contributed by atoms with Crippen LogP contribution in [0.1, 0.15) is 32.0 Å². The van der Waals surface area contributed by atoms with E-state index in [2.05, 4.69) is 0 Å². The van der Waals surface area contributed by atoms with Gasteiger partial charge in [0.25, 0.3) is 0 Å². The molecule has 1 heterocycles. The summed E-state index contributed by atoms with van der Waals surface area (Å²) < 4.78 is 6.13. The third-order valence-corrected chi connectivity index (χ3v) is 4.69. The highest BCUT2D eigenvalue weighted by Gasteiger charge is 2.25. The van der Waals surface area contributed by atoms with Crippen LogP contribution in [0.25, 0.3) is 5.69 Å². The molecule has 0 radical (unpaired) electrons. The largest absolute Gasteiger partial charge is 0.464 e. The van der Waals surface area contributed by atoms with Crippen molar-refractivity contribution in [3.05, 3.63) is 81.1 Å². The number of anilines is 1. The maximum atomic E-state index is 13.2. The van der Waals surface area contributed by atoms with E-state index >= 15 is 0 Å². The van der Waals surface area contributed by atoms with Crippen LogP contribution in [0.5, 0.6) is 0 Å². The first-order valence-corrected chi connectivity index (χ1v) is 8.73. The first kappa shape index (κ1) is 19.5. The number of nitrogen functional groups attached to an aromatic ring is 1. The minimum absolute atomic E-state index is 0.0413. The predicted molar refractivity (Wildman–Crippen MR) is 106 cm³/mol. The fraction of sp³-hybridized carbons (Fsp3) is 0.0500. The van der Waals surface area contributed by atoms with Crippen molar-refractivity contribution in [2.75, 3.05) is 12.8 Å². The van der Waals surface area contributed by atoms with Crippen LogP contribution in [0.3, 0.4) is 0 Å². The van der Waals surface area contributed by atoms with Gasteiger partial charge in [-0.05, 0) is 30.3 Å². The second kappa shape index (κ2) is 7.77. The Labute approximate surface area is 170 Å². The Morgan fingerprint density at radius 3 is 2.50 bits per heavy atom. The number of nitrogens with two attached hydrogens (primary N) is 1. The number of ether oxygens (including phenoxy) is 1. The molecule has 8 heteroatoms. The molecule has 0 aliphatic heterocycles. The summed E-state index contributed by atoms with van der Waals surface area (Å²) in [4.78, 5) is 25.4. The SMILES string of the molecule is COC(=O)c1c(N)c(C#N)cn1-c1ccc(Cl)cc1C(=O)c1ccccc1Cl. The molecule has 0 amide bonds. The normalized spacial score (nSPS) is 10.4. The third-order valence-electron chi connectivity index (χ3n) is 4.12. The molecule has 0 unspecified atom stereocenters. The van der Waals surface area contributed by atoms with Gasteiger partial charge >= 0.3 is 5.97 Å². The van der Waals surface area contributed by atoms with Crippen molar-refractivity contribution >= 4 is 40.6 Å². The zero-order chi connectivity index (χ0) is 20.4. The van der Waals surface area contributed by atoms with Gasteiger partial charge in [-0.2, -0.15) is 5.26 Å². The first-order valence-electron chi connectivity index (χ1n) is 7.97. The summed E-state index contributed by atoms with van der Waals surface area (Å²) >= 11 is 12.3. The number of ketones is 1. The van der Waals surface area contributed by atoms with Crippen molar-refractivity contribution in [3.63, 3.8) is 0 Å². The zero-order valence-corrected chi connectivity index (χ0v) is 16.1. The van der Waals surface area contributed by atoms with Gasteiger partial charge in [0.1, 0.15) is 6.07 Å². The van der Waals surface area contributed by atoms with Gasteiger partial charge in [0.05, 0.1) is 29.1 Å². The van der Waals surface area contributed by atoms with Crippen LogP contribution in [0, 0.1) is 11.3 Å². The predicted octanol–water partition coefficient (Wildman–Crippen LogP) is 4.26. The Hall–Kier alpha value is -3.27. The van der Waals surface area contributed by atoms with E-state index in [1.165, 1.54) is 23.9 Å². The molecule has 0 aliphatic rings. The monoisotopic (exact) mass is 413 g/mol. The summed E-state index contributed by atoms with van der Waals surface area (Å²) in [6.45, 7) is 0. The van der Waals surface area contributed by atoms with Gasteiger partial charge in [-0.1, -0.05) is 35.3 Å². The highest BCUT2D eigenvalue weighted by molar-refractivity contribution is 6.35. The number of nitriles is 1. The van der Waals surface area contributed by atoms with Crippen molar-refractivity contribution < 1.29 is 14.3 Å². The van der Waals surface area contributed by atoms with Crippen LogP contribution in [0.2, 0.25) is 10.0 Å². The molecule has 140 valence electrons. The number of carbonyl (C=O) groups is 2. The smallest absolute Gasteiger partial charge is 0.357 e. The molecule has 6 nitrogen and oxygen atoms in total. The Balaban J connectivity index is 2.29. The molecule has 0 bridgehead atoms. The number of aromatic nitrogens is 1. The Bertz CT molecular complexity index is 1150. The number of esters is 1. The van der Waals surface area contributed by atoms with Gasteiger partial charge in [0, 0.05) is 22.3 Å². The number of rotatable bonds is 4. The van der Waals surface area contributed by atoms with Crippen LogP contribution in [0.15, 0.2) is 48.7 Å². The molecule has 1 aromatic heterocycles. The second-order valence-corrected chi connectivity index (χ2v) is 6.59. The number of nitrogens with zero attached hydrogens (tertiary/aromatic N) is 2. The van der Waals surface area contributed by atoms with E-state index in [0.717, 1.165) is 0 Å². The third kappa shape index (κ3) is 3.33. The van der Waals surface area contributed by atoms with E-state index in [9.17, 15) is 14.9 Å². The molecule has 0 saturated carbocycles. The number of halogens is 2. The van der Waals surface area contributed by atoms with Gasteiger partial charge in [-0.15, -0.1) is 0 Å². The topological polar surface area (TPSA) is 98.1 Å². The standard InChI is InChI=1S/C20H13Cl2N3O3/c1-28-20(27)18-17(24)11(9-23)10-25(18)16-7-6-12(21)8-14(16)19(26)13-4-2-3-5-15(13)22/h2-8,10H,24H2,1H3. The molecule has 28 heavy (non-hydrogen) atoms. The van der Waals surface area contributed by atoms with Gasteiger partial charge in [0.15, 0.2) is 11.5 Å². The van der Waals surface area contributed by atoms with Crippen LogP contribution < -0.4 is 5.73 Å². The van der Waals surface area contributed by atoms with Crippen molar-refractivity contribution in [2.45, 2.75) is 0 Å². The molecular weight excluding hydrogens is 401 g/mol. The molecule has 0 aliphatic carbocycles. The van der Waals surface area contributed by atoms with Crippen molar-refractivity contribution in [1.29, 1.82) is 5.26 Å². The highest BCUT2D eigenvalue weighted by Crippen LogP contribution is 2.30. The van der Waals surface area contributed by atoms with E-state index in [1.54, 1.807) is 36.4 Å². The highest BCUT2D eigenvalue weighted by atomic mass is 35.5. The number of hydrogen-bond donors (Lipinski definition) is 1. The summed E-state index contributed by atoms with van der Waals surface area (Å²) in [7, 11) is 1.20. The van der Waals surface area contributed by atoms with E-state index < -0.39 is 11.8 Å². The van der Waals surface area contributed by atoms with Crippen molar-refractivity contribution in [2.24, 2.45) is 0 Å². The van der Waals surface area contributed by atoms with E-state index in [0.29, 0.717) is 10.7 Å². The lowest BCUT2D eigenvalue weighted by atomic mass is 10.0. The molecule has 2 aromatic carbocycles. The van der Waals surface area contributed by atoms with Gasteiger partial charge < -0.3 is 15.0 Å². The lowest BCUT2D eigenvalue weighted by molar-refractivity contribution is 0.0592. The summed E-state index contributed by atoms with van der Waals surface area (Å²) in [5, 5.41) is 9.89. The Morgan fingerprint density at radius 2 is 1.86 bits per heavy atom. The quantitative estimate of drug-likeness (QED) is 0.508. The lowest BCUT2D eigenvalue weighted by Gasteiger charge is -2.14. The Kier molecular flexibility index (Phi) is 5.41. The molecule has 3 aromatic rings. The maximum Gasteiger partial charge on any atom is 0.357 e. The number of benzene rings is 2. The summed E-state index contributed by atoms with van der Waals surface area (Å²) in [5.74, 6) is -1.14. The Morgan fingerprint density at radius 1 is 1.14 bits per heavy atom. The van der Waals surface area contributed by atoms with Crippen LogP contribution in [0.4, 0.5) is 5.69 Å². The van der Waals surface area contributed by atoms with Crippen molar-refractivity contribution in [1.82, 2.24) is 4.57 Å². The minimum Gasteiger partial charge on any atom is -0.464 e. The first-order chi connectivity index (χ1) is 13.4. The fourth-order valence-corrected chi connectivity index (χ4v) is 3.19. The average Bonchev–Trinajstić information content (AvgIpc) is 3.03. The van der Waals surface area contributed by atoms with Crippen LogP contribution in [-0.4, -0.2) is 23.4 Å². The minimum atomic E-state index is -0.745. The molecular formula is C20H13Cl2N3O3. The zero-order valence-electron chi connectivity index (χ0n) is 14.6. The van der Waals surface area contributed by atoms with Crippen LogP contribution >= 0.6 is 23.2 Å². The van der Waals surface area contributed by atoms with E-state index in [1.807, 2.05) is 6.07 Å². The number of hydrogen-bond acceptors (Lipinski definition) is 5. The second-order valence-electron chi connectivity index (χ2n) is 5.75. The number of methoxy groups -OCH3 is 1. The van der Waals surface area contributed by atoms with Crippen molar-refractivity contribution in [3.8, 4) is 11.8 Å². The van der Waals surface area contributed by atoms with E-state index in [-0.39, 0.29) is 33.1 Å². The molecule has 0 saturated heterocycles. The molecule has 3 rings (SSSR count). The van der Waals surface area contributed by atoms with Crippen LogP contribution in [-0.2, 0) is 4.74 Å². The van der Waals surface area contributed by atoms with E-state index in [4.69, 9.17) is 33.7 Å². The molecule has 0 spiro atoms.